The molecule has 2 aliphatic rings. The number of carbonyl (C=O) groups is 1. The van der Waals surface area contributed by atoms with Crippen molar-refractivity contribution in [3.63, 3.8) is 0 Å². The number of benzene rings is 2. The van der Waals surface area contributed by atoms with Crippen LogP contribution in [0.2, 0.25) is 0 Å². The van der Waals surface area contributed by atoms with Gasteiger partial charge in [-0.3, -0.25) is 0 Å². The van der Waals surface area contributed by atoms with Gasteiger partial charge >= 0.3 is 6.03 Å². The molecule has 0 radical (unpaired) electrons. The summed E-state index contributed by atoms with van der Waals surface area (Å²) in [6, 6.07) is 13.7. The van der Waals surface area contributed by atoms with Crippen LogP contribution < -0.4 is 15.5 Å². The molecule has 4 rings (SSSR count). The molecule has 0 aliphatic carbocycles. The predicted molar refractivity (Wildman–Crippen MR) is 117 cm³/mol. The number of sulfonamides is 1. The van der Waals surface area contributed by atoms with Crippen LogP contribution >= 0.6 is 0 Å². The zero-order chi connectivity index (χ0) is 21.0. The topological polar surface area (TPSA) is 91.0 Å². The van der Waals surface area contributed by atoms with Crippen LogP contribution in [0.5, 0.6) is 0 Å². The fourth-order valence-electron chi connectivity index (χ4n) is 3.75. The number of carbonyl (C=O) groups excluding carboxylic acids is 1. The Kier molecular flexibility index (Phi) is 6.21. The van der Waals surface area contributed by atoms with Gasteiger partial charge in [0.15, 0.2) is 0 Å². The summed E-state index contributed by atoms with van der Waals surface area (Å²) in [7, 11) is -3.66. The summed E-state index contributed by atoms with van der Waals surface area (Å²) < 4.78 is 32.9. The molecule has 2 aliphatic heterocycles. The lowest BCUT2D eigenvalue weighted by molar-refractivity contribution is 0.0730. The molecule has 160 valence electrons. The lowest BCUT2D eigenvalue weighted by atomic mass is 10.2. The summed E-state index contributed by atoms with van der Waals surface area (Å²) in [5.41, 5.74) is 1.98. The molecule has 8 nitrogen and oxygen atoms in total. The van der Waals surface area contributed by atoms with E-state index in [0.29, 0.717) is 37.7 Å². The summed E-state index contributed by atoms with van der Waals surface area (Å²) >= 11 is 0. The van der Waals surface area contributed by atoms with Gasteiger partial charge in [0.05, 0.1) is 29.5 Å². The number of hydrogen-bond acceptors (Lipinski definition) is 5. The Balaban J connectivity index is 1.61. The molecule has 2 heterocycles. The minimum Gasteiger partial charge on any atom is -0.379 e. The lowest BCUT2D eigenvalue weighted by Gasteiger charge is -2.27. The standard InChI is InChI=1S/C21H26N4O4S/c26-21(22-17-6-2-1-3-7-17)23-19-16-18(8-9-20(19)24-10-4-5-11-24)30(27,28)25-12-14-29-15-13-25/h1-3,6-9,16H,4-5,10-15H2,(H2,22,23,26). The van der Waals surface area contributed by atoms with E-state index in [2.05, 4.69) is 15.5 Å². The second-order valence-corrected chi connectivity index (χ2v) is 9.27. The van der Waals surface area contributed by atoms with E-state index in [4.69, 9.17) is 4.74 Å². The van der Waals surface area contributed by atoms with Crippen molar-refractivity contribution < 1.29 is 17.9 Å². The second-order valence-electron chi connectivity index (χ2n) is 7.33. The highest BCUT2D eigenvalue weighted by atomic mass is 32.2. The molecule has 0 unspecified atom stereocenters. The Morgan fingerprint density at radius 3 is 2.30 bits per heavy atom. The fraction of sp³-hybridized carbons (Fsp3) is 0.381. The van der Waals surface area contributed by atoms with E-state index in [-0.39, 0.29) is 4.90 Å². The van der Waals surface area contributed by atoms with E-state index in [1.165, 1.54) is 4.31 Å². The Morgan fingerprint density at radius 2 is 1.60 bits per heavy atom. The van der Waals surface area contributed by atoms with Gasteiger partial charge in [-0.1, -0.05) is 18.2 Å². The Hall–Kier alpha value is -2.62. The minimum atomic E-state index is -3.66. The van der Waals surface area contributed by atoms with Crippen LogP contribution in [0.15, 0.2) is 53.4 Å². The average molecular weight is 431 g/mol. The SMILES string of the molecule is O=C(Nc1ccccc1)Nc1cc(S(=O)(=O)N2CCOCC2)ccc1N1CCCC1. The average Bonchev–Trinajstić information content (AvgIpc) is 3.29. The lowest BCUT2D eigenvalue weighted by Crippen LogP contribution is -2.40. The largest absolute Gasteiger partial charge is 0.379 e. The van der Waals surface area contributed by atoms with Crippen LogP contribution in [-0.2, 0) is 14.8 Å². The molecule has 2 aromatic rings. The second kappa shape index (κ2) is 9.03. The Bertz CT molecular complexity index is 985. The number of morpholine rings is 1. The highest BCUT2D eigenvalue weighted by Crippen LogP contribution is 2.32. The van der Waals surface area contributed by atoms with Crippen LogP contribution in [0.25, 0.3) is 0 Å². The van der Waals surface area contributed by atoms with Crippen LogP contribution in [0, 0.1) is 0 Å². The molecule has 0 aromatic heterocycles. The molecule has 2 saturated heterocycles. The normalized spacial score (nSPS) is 17.7. The predicted octanol–water partition coefficient (Wildman–Crippen LogP) is 2.95. The van der Waals surface area contributed by atoms with Crippen LogP contribution in [0.3, 0.4) is 0 Å². The molecule has 0 bridgehead atoms. The third-order valence-corrected chi connectivity index (χ3v) is 7.20. The van der Waals surface area contributed by atoms with Crippen molar-refractivity contribution >= 4 is 33.1 Å². The van der Waals surface area contributed by atoms with Crippen LogP contribution in [0.1, 0.15) is 12.8 Å². The number of nitrogens with one attached hydrogen (secondary N) is 2. The molecular weight excluding hydrogens is 404 g/mol. The maximum atomic E-state index is 13.1. The number of amides is 2. The van der Waals surface area contributed by atoms with Gasteiger partial charge in [-0.2, -0.15) is 4.31 Å². The van der Waals surface area contributed by atoms with Gasteiger partial charge in [0.2, 0.25) is 10.0 Å². The van der Waals surface area contributed by atoms with Crippen molar-refractivity contribution in [3.05, 3.63) is 48.5 Å². The van der Waals surface area contributed by atoms with Gasteiger partial charge in [-0.15, -0.1) is 0 Å². The summed E-state index contributed by atoms with van der Waals surface area (Å²) in [5.74, 6) is 0. The molecule has 30 heavy (non-hydrogen) atoms. The number of nitrogens with zero attached hydrogens (tertiary/aromatic N) is 2. The van der Waals surface area contributed by atoms with E-state index in [9.17, 15) is 13.2 Å². The maximum Gasteiger partial charge on any atom is 0.323 e. The molecular formula is C21H26N4O4S. The van der Waals surface area contributed by atoms with E-state index in [1.54, 1.807) is 30.3 Å². The van der Waals surface area contributed by atoms with E-state index in [1.807, 2.05) is 18.2 Å². The first-order valence-electron chi connectivity index (χ1n) is 10.1. The van der Waals surface area contributed by atoms with Crippen LogP contribution in [-0.4, -0.2) is 58.1 Å². The molecule has 2 N–H and O–H groups in total. The zero-order valence-corrected chi connectivity index (χ0v) is 17.5. The Morgan fingerprint density at radius 1 is 0.900 bits per heavy atom. The Labute approximate surface area is 176 Å². The molecule has 2 fully saturated rings. The third-order valence-electron chi connectivity index (χ3n) is 5.30. The van der Waals surface area contributed by atoms with Gasteiger partial charge in [0, 0.05) is 31.9 Å². The van der Waals surface area contributed by atoms with Crippen molar-refractivity contribution in [2.45, 2.75) is 17.7 Å². The highest BCUT2D eigenvalue weighted by Gasteiger charge is 2.28. The number of urea groups is 1. The molecule has 2 amide bonds. The van der Waals surface area contributed by atoms with Gasteiger partial charge < -0.3 is 20.3 Å². The summed E-state index contributed by atoms with van der Waals surface area (Å²) in [4.78, 5) is 14.9. The zero-order valence-electron chi connectivity index (χ0n) is 16.7. The molecule has 0 atom stereocenters. The first-order valence-corrected chi connectivity index (χ1v) is 11.6. The van der Waals surface area contributed by atoms with Crippen molar-refractivity contribution in [3.8, 4) is 0 Å². The van der Waals surface area contributed by atoms with Crippen molar-refractivity contribution in [2.24, 2.45) is 0 Å². The summed E-state index contributed by atoms with van der Waals surface area (Å²) in [5, 5.41) is 5.64. The molecule has 0 spiro atoms. The maximum absolute atomic E-state index is 13.1. The quantitative estimate of drug-likeness (QED) is 0.761. The first-order chi connectivity index (χ1) is 14.5. The summed E-state index contributed by atoms with van der Waals surface area (Å²) in [6.07, 6.45) is 2.15. The number of anilines is 3. The third kappa shape index (κ3) is 4.58. The van der Waals surface area contributed by atoms with Gasteiger partial charge in [0.25, 0.3) is 0 Å². The number of hydrogen-bond donors (Lipinski definition) is 2. The number of rotatable bonds is 5. The van der Waals surface area contributed by atoms with Gasteiger partial charge in [0.1, 0.15) is 0 Å². The van der Waals surface area contributed by atoms with Gasteiger partial charge in [-0.25, -0.2) is 13.2 Å². The van der Waals surface area contributed by atoms with E-state index in [0.717, 1.165) is 31.6 Å². The minimum absolute atomic E-state index is 0.169. The van der Waals surface area contributed by atoms with Crippen molar-refractivity contribution in [1.82, 2.24) is 4.31 Å². The fourth-order valence-corrected chi connectivity index (χ4v) is 5.19. The van der Waals surface area contributed by atoms with E-state index >= 15 is 0 Å². The monoisotopic (exact) mass is 430 g/mol. The molecule has 0 saturated carbocycles. The molecule has 9 heteroatoms. The highest BCUT2D eigenvalue weighted by molar-refractivity contribution is 7.89. The van der Waals surface area contributed by atoms with Crippen LogP contribution in [0.4, 0.5) is 21.9 Å². The van der Waals surface area contributed by atoms with Gasteiger partial charge in [-0.05, 0) is 43.2 Å². The summed E-state index contributed by atoms with van der Waals surface area (Å²) in [6.45, 7) is 3.18. The first kappa shape index (κ1) is 20.6. The van der Waals surface area contributed by atoms with Crippen molar-refractivity contribution in [1.29, 1.82) is 0 Å². The van der Waals surface area contributed by atoms with E-state index < -0.39 is 16.1 Å². The smallest absolute Gasteiger partial charge is 0.323 e. The molecule has 2 aromatic carbocycles. The number of para-hydroxylation sites is 1. The number of ether oxygens (including phenoxy) is 1. The van der Waals surface area contributed by atoms with Crippen molar-refractivity contribution in [2.75, 3.05) is 54.9 Å².